The van der Waals surface area contributed by atoms with E-state index in [0.717, 1.165) is 30.2 Å². The molecule has 1 aromatic heterocycles. The first-order valence-electron chi connectivity index (χ1n) is 7.74. The second kappa shape index (κ2) is 6.60. The SMILES string of the molecule is CCOC(=O)Nc1ccc(-c2nnc3n2CCCCC3)cc1. The lowest BCUT2D eigenvalue weighted by Crippen LogP contribution is -2.13. The minimum atomic E-state index is -0.438. The van der Waals surface area contributed by atoms with Crippen molar-refractivity contribution in [3.8, 4) is 11.4 Å². The van der Waals surface area contributed by atoms with Gasteiger partial charge in [-0.05, 0) is 44.0 Å². The van der Waals surface area contributed by atoms with E-state index in [0.29, 0.717) is 12.3 Å². The molecule has 1 aromatic carbocycles. The highest BCUT2D eigenvalue weighted by Crippen LogP contribution is 2.23. The maximum absolute atomic E-state index is 11.4. The number of hydrogen-bond acceptors (Lipinski definition) is 4. The van der Waals surface area contributed by atoms with Crippen LogP contribution in [-0.2, 0) is 17.7 Å². The maximum Gasteiger partial charge on any atom is 0.411 e. The third-order valence-electron chi connectivity index (χ3n) is 3.77. The van der Waals surface area contributed by atoms with Crippen LogP contribution < -0.4 is 5.32 Å². The highest BCUT2D eigenvalue weighted by atomic mass is 16.5. The Morgan fingerprint density at radius 3 is 2.82 bits per heavy atom. The Morgan fingerprint density at radius 1 is 1.23 bits per heavy atom. The van der Waals surface area contributed by atoms with E-state index in [1.165, 1.54) is 19.3 Å². The van der Waals surface area contributed by atoms with Gasteiger partial charge in [-0.15, -0.1) is 10.2 Å². The minimum Gasteiger partial charge on any atom is -0.450 e. The van der Waals surface area contributed by atoms with Crippen molar-refractivity contribution in [3.05, 3.63) is 30.1 Å². The summed E-state index contributed by atoms with van der Waals surface area (Å²) in [5.41, 5.74) is 1.72. The van der Waals surface area contributed by atoms with Gasteiger partial charge in [-0.1, -0.05) is 6.42 Å². The molecule has 1 N–H and O–H groups in total. The van der Waals surface area contributed by atoms with Crippen LogP contribution in [0.25, 0.3) is 11.4 Å². The predicted octanol–water partition coefficient (Wildman–Crippen LogP) is 3.24. The van der Waals surface area contributed by atoms with Gasteiger partial charge in [0.05, 0.1) is 6.61 Å². The Morgan fingerprint density at radius 2 is 2.05 bits per heavy atom. The number of aromatic nitrogens is 3. The van der Waals surface area contributed by atoms with Crippen molar-refractivity contribution in [1.82, 2.24) is 14.8 Å². The van der Waals surface area contributed by atoms with Crippen molar-refractivity contribution in [3.63, 3.8) is 0 Å². The minimum absolute atomic E-state index is 0.357. The number of carbonyl (C=O) groups is 1. The average Bonchev–Trinajstić information content (AvgIpc) is 2.77. The first kappa shape index (κ1) is 14.6. The Labute approximate surface area is 129 Å². The number of anilines is 1. The van der Waals surface area contributed by atoms with Gasteiger partial charge in [0, 0.05) is 24.2 Å². The molecule has 0 saturated heterocycles. The fourth-order valence-electron chi connectivity index (χ4n) is 2.69. The molecule has 0 fully saturated rings. The number of hydrogen-bond donors (Lipinski definition) is 1. The summed E-state index contributed by atoms with van der Waals surface area (Å²) < 4.78 is 7.07. The van der Waals surface area contributed by atoms with E-state index in [-0.39, 0.29) is 0 Å². The number of nitrogens with zero attached hydrogens (tertiary/aromatic N) is 3. The number of rotatable bonds is 3. The van der Waals surface area contributed by atoms with Gasteiger partial charge >= 0.3 is 6.09 Å². The van der Waals surface area contributed by atoms with Crippen molar-refractivity contribution in [1.29, 1.82) is 0 Å². The molecule has 1 amide bonds. The number of ether oxygens (including phenoxy) is 1. The Hall–Kier alpha value is -2.37. The lowest BCUT2D eigenvalue weighted by Gasteiger charge is -2.08. The molecule has 2 aromatic rings. The first-order chi connectivity index (χ1) is 10.8. The van der Waals surface area contributed by atoms with Crippen LogP contribution in [0.4, 0.5) is 10.5 Å². The molecule has 6 nitrogen and oxygen atoms in total. The topological polar surface area (TPSA) is 69.0 Å². The van der Waals surface area contributed by atoms with Crippen molar-refractivity contribution >= 4 is 11.8 Å². The van der Waals surface area contributed by atoms with Crippen molar-refractivity contribution in [2.24, 2.45) is 0 Å². The average molecular weight is 300 g/mol. The quantitative estimate of drug-likeness (QED) is 0.944. The zero-order valence-electron chi connectivity index (χ0n) is 12.7. The van der Waals surface area contributed by atoms with Crippen LogP contribution in [0.1, 0.15) is 32.0 Å². The number of benzene rings is 1. The summed E-state index contributed by atoms with van der Waals surface area (Å²) in [5.74, 6) is 1.97. The van der Waals surface area contributed by atoms with Crippen molar-refractivity contribution in [2.45, 2.75) is 39.2 Å². The standard InChI is InChI=1S/C16H20N4O2/c1-2-22-16(21)17-13-9-7-12(8-10-13)15-19-18-14-6-4-3-5-11-20(14)15/h7-10H,2-6,11H2,1H3,(H,17,21). The number of carbonyl (C=O) groups excluding carboxylic acids is 1. The summed E-state index contributed by atoms with van der Waals surface area (Å²) in [6.45, 7) is 3.11. The van der Waals surface area contributed by atoms with Gasteiger partial charge in [0.25, 0.3) is 0 Å². The third-order valence-corrected chi connectivity index (χ3v) is 3.77. The molecular weight excluding hydrogens is 280 g/mol. The molecule has 116 valence electrons. The van der Waals surface area contributed by atoms with Gasteiger partial charge in [-0.3, -0.25) is 5.32 Å². The molecule has 1 aliphatic rings. The second-order valence-electron chi connectivity index (χ2n) is 5.32. The summed E-state index contributed by atoms with van der Waals surface area (Å²) in [6.07, 6.45) is 4.15. The molecule has 0 aliphatic carbocycles. The smallest absolute Gasteiger partial charge is 0.411 e. The zero-order valence-corrected chi connectivity index (χ0v) is 12.7. The summed E-state index contributed by atoms with van der Waals surface area (Å²) >= 11 is 0. The fourth-order valence-corrected chi connectivity index (χ4v) is 2.69. The van der Waals surface area contributed by atoms with Gasteiger partial charge in [0.2, 0.25) is 0 Å². The van der Waals surface area contributed by atoms with Crippen LogP contribution in [0.15, 0.2) is 24.3 Å². The molecule has 0 radical (unpaired) electrons. The second-order valence-corrected chi connectivity index (χ2v) is 5.32. The Bertz CT molecular complexity index is 649. The van der Waals surface area contributed by atoms with Gasteiger partial charge < -0.3 is 9.30 Å². The van der Waals surface area contributed by atoms with E-state index in [1.54, 1.807) is 6.92 Å². The number of fused-ring (bicyclic) bond motifs is 1. The first-order valence-corrected chi connectivity index (χ1v) is 7.74. The van der Waals surface area contributed by atoms with Crippen LogP contribution in [0, 0.1) is 0 Å². The largest absolute Gasteiger partial charge is 0.450 e. The normalized spacial score (nSPS) is 14.0. The highest BCUT2D eigenvalue weighted by molar-refractivity contribution is 5.84. The van der Waals surface area contributed by atoms with Gasteiger partial charge in [-0.25, -0.2) is 4.79 Å². The lowest BCUT2D eigenvalue weighted by molar-refractivity contribution is 0.168. The maximum atomic E-state index is 11.4. The Balaban J connectivity index is 1.78. The molecular formula is C16H20N4O2. The van der Waals surface area contributed by atoms with Crippen LogP contribution in [0.2, 0.25) is 0 Å². The van der Waals surface area contributed by atoms with Gasteiger partial charge in [-0.2, -0.15) is 0 Å². The number of amides is 1. The molecule has 1 aliphatic heterocycles. The monoisotopic (exact) mass is 300 g/mol. The molecule has 2 heterocycles. The summed E-state index contributed by atoms with van der Waals surface area (Å²) in [4.78, 5) is 11.4. The third kappa shape index (κ3) is 3.10. The van der Waals surface area contributed by atoms with E-state index < -0.39 is 6.09 Å². The molecule has 0 spiro atoms. The van der Waals surface area contributed by atoms with Crippen molar-refractivity contribution < 1.29 is 9.53 Å². The zero-order chi connectivity index (χ0) is 15.4. The molecule has 0 saturated carbocycles. The molecule has 3 rings (SSSR count). The predicted molar refractivity (Wildman–Crippen MR) is 83.7 cm³/mol. The van der Waals surface area contributed by atoms with E-state index in [4.69, 9.17) is 4.74 Å². The number of nitrogens with one attached hydrogen (secondary N) is 1. The van der Waals surface area contributed by atoms with Gasteiger partial charge in [0.1, 0.15) is 5.82 Å². The highest BCUT2D eigenvalue weighted by Gasteiger charge is 2.15. The van der Waals surface area contributed by atoms with Crippen LogP contribution in [0.3, 0.4) is 0 Å². The van der Waals surface area contributed by atoms with Crippen LogP contribution >= 0.6 is 0 Å². The van der Waals surface area contributed by atoms with E-state index in [2.05, 4.69) is 20.1 Å². The molecule has 0 atom stereocenters. The van der Waals surface area contributed by atoms with E-state index in [9.17, 15) is 4.79 Å². The van der Waals surface area contributed by atoms with E-state index in [1.807, 2.05) is 24.3 Å². The lowest BCUT2D eigenvalue weighted by atomic mass is 10.2. The molecule has 0 unspecified atom stereocenters. The number of aryl methyl sites for hydroxylation is 1. The van der Waals surface area contributed by atoms with Crippen LogP contribution in [-0.4, -0.2) is 27.5 Å². The van der Waals surface area contributed by atoms with E-state index >= 15 is 0 Å². The fraction of sp³-hybridized carbons (Fsp3) is 0.438. The Kier molecular flexibility index (Phi) is 4.37. The summed E-state index contributed by atoms with van der Waals surface area (Å²) in [6, 6.07) is 7.60. The van der Waals surface area contributed by atoms with Gasteiger partial charge in [0.15, 0.2) is 5.82 Å². The van der Waals surface area contributed by atoms with Crippen molar-refractivity contribution in [2.75, 3.05) is 11.9 Å². The summed E-state index contributed by atoms with van der Waals surface area (Å²) in [7, 11) is 0. The molecule has 0 bridgehead atoms. The molecule has 6 heteroatoms. The molecule has 22 heavy (non-hydrogen) atoms. The van der Waals surface area contributed by atoms with Crippen LogP contribution in [0.5, 0.6) is 0 Å². The summed E-state index contributed by atoms with van der Waals surface area (Å²) in [5, 5.41) is 11.3.